The van der Waals surface area contributed by atoms with Crippen LogP contribution in [-0.4, -0.2) is 5.12 Å². The van der Waals surface area contributed by atoms with Gasteiger partial charge in [-0.15, -0.1) is 19.2 Å². The molecule has 1 unspecified atom stereocenters. The maximum atomic E-state index is 10.4. The number of allylic oxidation sites excluding steroid dienone is 1. The fourth-order valence-corrected chi connectivity index (χ4v) is 0.978. The Morgan fingerprint density at radius 3 is 2.78 bits per heavy atom. The predicted molar refractivity (Wildman–Crippen MR) is 42.6 cm³/mol. The van der Waals surface area contributed by atoms with E-state index in [4.69, 9.17) is 0 Å². The maximum Gasteiger partial charge on any atom is 0.186 e. The standard InChI is InChI=1S/C7H12OS/c1-3-4-6(2)5-7(8)9/h3,6H,1,4-5H2,2H3,(H,8,9). The highest BCUT2D eigenvalue weighted by Gasteiger charge is 2.02. The first-order valence-corrected chi connectivity index (χ1v) is 3.44. The summed E-state index contributed by atoms with van der Waals surface area (Å²) in [6.45, 7) is 5.58. The molecule has 9 heavy (non-hydrogen) atoms. The topological polar surface area (TPSA) is 17.1 Å². The summed E-state index contributed by atoms with van der Waals surface area (Å²) in [5.41, 5.74) is 0. The van der Waals surface area contributed by atoms with E-state index in [1.54, 1.807) is 0 Å². The van der Waals surface area contributed by atoms with Crippen LogP contribution in [0.5, 0.6) is 0 Å². The van der Waals surface area contributed by atoms with Crippen molar-refractivity contribution in [3.05, 3.63) is 12.7 Å². The van der Waals surface area contributed by atoms with Gasteiger partial charge in [-0.1, -0.05) is 13.0 Å². The van der Waals surface area contributed by atoms with Crippen LogP contribution in [0.1, 0.15) is 19.8 Å². The number of carbonyl (C=O) groups is 1. The monoisotopic (exact) mass is 144 g/mol. The third-order valence-electron chi connectivity index (χ3n) is 1.09. The molecule has 0 radical (unpaired) electrons. The minimum Gasteiger partial charge on any atom is -0.287 e. The lowest BCUT2D eigenvalue weighted by Gasteiger charge is -2.02. The molecule has 0 aromatic rings. The van der Waals surface area contributed by atoms with Crippen molar-refractivity contribution in [3.8, 4) is 0 Å². The van der Waals surface area contributed by atoms with Gasteiger partial charge in [-0.3, -0.25) is 4.79 Å². The molecule has 0 spiro atoms. The zero-order valence-corrected chi connectivity index (χ0v) is 6.53. The minimum absolute atomic E-state index is 0.0376. The molecule has 0 saturated heterocycles. The summed E-state index contributed by atoms with van der Waals surface area (Å²) in [6.07, 6.45) is 3.27. The van der Waals surface area contributed by atoms with Gasteiger partial charge in [0.1, 0.15) is 0 Å². The normalized spacial score (nSPS) is 12.7. The lowest BCUT2D eigenvalue weighted by Crippen LogP contribution is -1.97. The van der Waals surface area contributed by atoms with Crippen molar-refractivity contribution in [2.75, 3.05) is 0 Å². The number of carbonyl (C=O) groups excluding carboxylic acids is 1. The van der Waals surface area contributed by atoms with Crippen molar-refractivity contribution in [3.63, 3.8) is 0 Å². The zero-order valence-electron chi connectivity index (χ0n) is 5.63. The fraction of sp³-hybridized carbons (Fsp3) is 0.571. The van der Waals surface area contributed by atoms with Gasteiger partial charge in [0, 0.05) is 6.42 Å². The van der Waals surface area contributed by atoms with Crippen molar-refractivity contribution in [1.29, 1.82) is 0 Å². The first kappa shape index (κ1) is 8.76. The molecule has 2 heteroatoms. The molecule has 0 saturated carbocycles. The van der Waals surface area contributed by atoms with Crippen LogP contribution in [0.15, 0.2) is 12.7 Å². The number of hydrogen-bond donors (Lipinski definition) is 1. The smallest absolute Gasteiger partial charge is 0.186 e. The summed E-state index contributed by atoms with van der Waals surface area (Å²) < 4.78 is 0. The molecule has 0 aromatic heterocycles. The average Bonchev–Trinajstić information content (AvgIpc) is 1.63. The van der Waals surface area contributed by atoms with Gasteiger partial charge in [-0.05, 0) is 12.3 Å². The molecular weight excluding hydrogens is 132 g/mol. The fourth-order valence-electron chi connectivity index (χ4n) is 0.666. The van der Waals surface area contributed by atoms with Crippen molar-refractivity contribution in [1.82, 2.24) is 0 Å². The highest BCUT2D eigenvalue weighted by molar-refractivity contribution is 7.96. The first-order valence-electron chi connectivity index (χ1n) is 2.99. The van der Waals surface area contributed by atoms with Gasteiger partial charge >= 0.3 is 0 Å². The molecule has 0 aliphatic heterocycles. The van der Waals surface area contributed by atoms with Gasteiger partial charge in [-0.2, -0.15) is 0 Å². The van der Waals surface area contributed by atoms with Gasteiger partial charge in [0.25, 0.3) is 0 Å². The van der Waals surface area contributed by atoms with Crippen molar-refractivity contribution >= 4 is 17.7 Å². The van der Waals surface area contributed by atoms with E-state index in [-0.39, 0.29) is 5.12 Å². The molecule has 52 valence electrons. The summed E-state index contributed by atoms with van der Waals surface area (Å²) in [7, 11) is 0. The molecular formula is C7H12OS. The Morgan fingerprint density at radius 2 is 2.44 bits per heavy atom. The zero-order chi connectivity index (χ0) is 7.28. The van der Waals surface area contributed by atoms with E-state index in [1.165, 1.54) is 0 Å². The van der Waals surface area contributed by atoms with E-state index in [0.29, 0.717) is 12.3 Å². The largest absolute Gasteiger partial charge is 0.287 e. The Hall–Kier alpha value is -0.240. The average molecular weight is 144 g/mol. The molecule has 1 nitrogen and oxygen atoms in total. The molecule has 0 aliphatic carbocycles. The van der Waals surface area contributed by atoms with Crippen LogP contribution in [-0.2, 0) is 4.79 Å². The molecule has 0 heterocycles. The maximum absolute atomic E-state index is 10.4. The molecule has 0 N–H and O–H groups in total. The minimum atomic E-state index is -0.0376. The first-order chi connectivity index (χ1) is 4.16. The van der Waals surface area contributed by atoms with Crippen LogP contribution in [0.4, 0.5) is 0 Å². The van der Waals surface area contributed by atoms with E-state index >= 15 is 0 Å². The quantitative estimate of drug-likeness (QED) is 0.472. The Labute approximate surface area is 61.6 Å². The Bertz CT molecular complexity index is 109. The third-order valence-corrected chi connectivity index (χ3v) is 1.27. The van der Waals surface area contributed by atoms with Crippen LogP contribution in [0.25, 0.3) is 0 Å². The van der Waals surface area contributed by atoms with Crippen LogP contribution in [0.2, 0.25) is 0 Å². The van der Waals surface area contributed by atoms with Crippen molar-refractivity contribution in [2.24, 2.45) is 5.92 Å². The third kappa shape index (κ3) is 5.63. The summed E-state index contributed by atoms with van der Waals surface area (Å²) in [4.78, 5) is 10.4. The lowest BCUT2D eigenvalue weighted by molar-refractivity contribution is -0.111. The molecule has 1 atom stereocenters. The second-order valence-electron chi connectivity index (χ2n) is 2.23. The summed E-state index contributed by atoms with van der Waals surface area (Å²) in [6, 6.07) is 0. The number of rotatable bonds is 4. The van der Waals surface area contributed by atoms with Crippen LogP contribution >= 0.6 is 12.6 Å². The predicted octanol–water partition coefficient (Wildman–Crippen LogP) is 2.05. The second kappa shape index (κ2) is 4.62. The summed E-state index contributed by atoms with van der Waals surface area (Å²) in [5, 5.41) is -0.0376. The number of hydrogen-bond acceptors (Lipinski definition) is 1. The van der Waals surface area contributed by atoms with Crippen LogP contribution in [0.3, 0.4) is 0 Å². The van der Waals surface area contributed by atoms with Gasteiger partial charge in [0.2, 0.25) is 0 Å². The summed E-state index contributed by atoms with van der Waals surface area (Å²) in [5.74, 6) is 0.396. The van der Waals surface area contributed by atoms with Crippen LogP contribution in [0, 0.1) is 5.92 Å². The van der Waals surface area contributed by atoms with E-state index in [9.17, 15) is 4.79 Å². The Balaban J connectivity index is 3.37. The van der Waals surface area contributed by atoms with Gasteiger partial charge in [-0.25, -0.2) is 0 Å². The van der Waals surface area contributed by atoms with Crippen LogP contribution < -0.4 is 0 Å². The van der Waals surface area contributed by atoms with Gasteiger partial charge < -0.3 is 0 Å². The van der Waals surface area contributed by atoms with E-state index in [0.717, 1.165) is 6.42 Å². The van der Waals surface area contributed by atoms with E-state index < -0.39 is 0 Å². The van der Waals surface area contributed by atoms with Crippen molar-refractivity contribution < 1.29 is 4.79 Å². The highest BCUT2D eigenvalue weighted by atomic mass is 32.1. The molecule has 0 aliphatic rings. The molecule has 0 amide bonds. The Kier molecular flexibility index (Phi) is 4.50. The second-order valence-corrected chi connectivity index (χ2v) is 2.73. The van der Waals surface area contributed by atoms with Gasteiger partial charge in [0.05, 0.1) is 0 Å². The number of thiol groups is 1. The van der Waals surface area contributed by atoms with E-state index in [2.05, 4.69) is 19.2 Å². The van der Waals surface area contributed by atoms with Crippen molar-refractivity contribution in [2.45, 2.75) is 19.8 Å². The highest BCUT2D eigenvalue weighted by Crippen LogP contribution is 2.08. The molecule has 0 rings (SSSR count). The lowest BCUT2D eigenvalue weighted by atomic mass is 10.1. The SMILES string of the molecule is C=CCC(C)CC(=O)S. The molecule has 0 bridgehead atoms. The molecule has 0 fully saturated rings. The Morgan fingerprint density at radius 1 is 1.89 bits per heavy atom. The van der Waals surface area contributed by atoms with E-state index in [1.807, 2.05) is 13.0 Å². The summed E-state index contributed by atoms with van der Waals surface area (Å²) >= 11 is 3.66. The molecule has 0 aromatic carbocycles. The van der Waals surface area contributed by atoms with Gasteiger partial charge in [0.15, 0.2) is 5.12 Å².